The highest BCUT2D eigenvalue weighted by molar-refractivity contribution is 5.35. The molecule has 0 aliphatic rings. The van der Waals surface area contributed by atoms with Gasteiger partial charge in [-0.2, -0.15) is 39.5 Å². The molecule has 0 fully saturated rings. The summed E-state index contributed by atoms with van der Waals surface area (Å²) >= 11 is 0. The van der Waals surface area contributed by atoms with Crippen LogP contribution in [0.15, 0.2) is 18.2 Å². The molecule has 2 N–H and O–H groups in total. The van der Waals surface area contributed by atoms with Crippen molar-refractivity contribution in [2.24, 2.45) is 5.73 Å². The third kappa shape index (κ3) is 3.78. The van der Waals surface area contributed by atoms with Crippen LogP contribution in [0.2, 0.25) is 0 Å². The predicted molar refractivity (Wildman–Crippen MR) is 49.4 cm³/mol. The molecule has 0 unspecified atom stereocenters. The Kier molecular flexibility index (Phi) is 4.01. The van der Waals surface area contributed by atoms with Gasteiger partial charge in [-0.3, -0.25) is 0 Å². The van der Waals surface area contributed by atoms with Crippen LogP contribution in [0.1, 0.15) is 22.7 Å². The van der Waals surface area contributed by atoms with Gasteiger partial charge in [0.25, 0.3) is 0 Å². The molecule has 1 atom stereocenters. The molecule has 20 heavy (non-hydrogen) atoms. The fraction of sp³-hybridized carbons (Fsp3) is 0.400. The topological polar surface area (TPSA) is 26.0 Å². The Balaban J connectivity index is 3.47. The molecule has 114 valence electrons. The van der Waals surface area contributed by atoms with Gasteiger partial charge in [0.2, 0.25) is 0 Å². The molecule has 0 saturated heterocycles. The summed E-state index contributed by atoms with van der Waals surface area (Å²) in [6.07, 6.45) is -15.6. The standard InChI is InChI=1S/C10H6F9N/c11-8(12,13)5-1-4(7(20)10(17,18)19)2-6(3-5)9(14,15)16/h1-3,7H,20H2/t7-/m0/s1. The maximum atomic E-state index is 12.4. The molecule has 10 heteroatoms. The van der Waals surface area contributed by atoms with E-state index in [1.807, 2.05) is 0 Å². The van der Waals surface area contributed by atoms with Gasteiger partial charge < -0.3 is 5.73 Å². The zero-order valence-electron chi connectivity index (χ0n) is 9.29. The molecule has 0 radical (unpaired) electrons. The van der Waals surface area contributed by atoms with Crippen molar-refractivity contribution in [1.29, 1.82) is 0 Å². The number of nitrogens with two attached hydrogens (primary N) is 1. The molecule has 0 saturated carbocycles. The van der Waals surface area contributed by atoms with Gasteiger partial charge in [0.15, 0.2) is 0 Å². The first-order chi connectivity index (χ1) is 8.73. The molecular weight excluding hydrogens is 305 g/mol. The van der Waals surface area contributed by atoms with Gasteiger partial charge >= 0.3 is 18.5 Å². The quantitative estimate of drug-likeness (QED) is 0.770. The van der Waals surface area contributed by atoms with E-state index < -0.39 is 41.3 Å². The molecule has 0 aromatic heterocycles. The lowest BCUT2D eigenvalue weighted by Crippen LogP contribution is -2.29. The first kappa shape index (κ1) is 16.6. The second kappa shape index (κ2) is 4.83. The molecule has 1 aromatic carbocycles. The van der Waals surface area contributed by atoms with Crippen LogP contribution in [0, 0.1) is 0 Å². The summed E-state index contributed by atoms with van der Waals surface area (Å²) in [5.41, 5.74) is -0.360. The van der Waals surface area contributed by atoms with Gasteiger partial charge in [0.05, 0.1) is 11.1 Å². The van der Waals surface area contributed by atoms with Crippen molar-refractivity contribution >= 4 is 0 Å². The summed E-state index contributed by atoms with van der Waals surface area (Å²) < 4.78 is 111. The second-order valence-corrected chi connectivity index (χ2v) is 3.86. The van der Waals surface area contributed by atoms with Crippen molar-refractivity contribution in [2.75, 3.05) is 0 Å². The highest BCUT2D eigenvalue weighted by atomic mass is 19.4. The molecule has 0 heterocycles. The van der Waals surface area contributed by atoms with Crippen LogP contribution in [-0.2, 0) is 12.4 Å². The SMILES string of the molecule is N[C@@H](c1cc(C(F)(F)F)cc(C(F)(F)F)c1)C(F)(F)F. The van der Waals surface area contributed by atoms with Gasteiger partial charge in [-0.25, -0.2) is 0 Å². The van der Waals surface area contributed by atoms with E-state index in [-0.39, 0.29) is 18.2 Å². The summed E-state index contributed by atoms with van der Waals surface area (Å²) in [5.74, 6) is 0. The minimum absolute atomic E-state index is 0.0482. The molecule has 1 nitrogen and oxygen atoms in total. The van der Waals surface area contributed by atoms with Crippen LogP contribution < -0.4 is 5.73 Å². The molecule has 0 spiro atoms. The lowest BCUT2D eigenvalue weighted by atomic mass is 9.99. The van der Waals surface area contributed by atoms with Crippen molar-refractivity contribution in [1.82, 2.24) is 0 Å². The summed E-state index contributed by atoms with van der Waals surface area (Å²) in [4.78, 5) is 0. The number of rotatable bonds is 1. The van der Waals surface area contributed by atoms with E-state index in [1.165, 1.54) is 0 Å². The number of benzene rings is 1. The normalized spacial score (nSPS) is 15.3. The molecule has 0 aliphatic carbocycles. The monoisotopic (exact) mass is 311 g/mol. The van der Waals surface area contributed by atoms with E-state index in [4.69, 9.17) is 0 Å². The second-order valence-electron chi connectivity index (χ2n) is 3.86. The van der Waals surface area contributed by atoms with E-state index in [0.717, 1.165) is 0 Å². The summed E-state index contributed by atoms with van der Waals surface area (Å²) in [7, 11) is 0. The van der Waals surface area contributed by atoms with Crippen LogP contribution in [0.25, 0.3) is 0 Å². The fourth-order valence-electron chi connectivity index (χ4n) is 1.35. The zero-order valence-corrected chi connectivity index (χ0v) is 9.29. The number of alkyl halides is 9. The largest absolute Gasteiger partial charge is 0.416 e. The predicted octanol–water partition coefficient (Wildman–Crippen LogP) is 4.29. The Labute approximate surface area is 106 Å². The van der Waals surface area contributed by atoms with Crippen LogP contribution in [0.5, 0.6) is 0 Å². The van der Waals surface area contributed by atoms with Gasteiger partial charge in [-0.05, 0) is 23.8 Å². The highest BCUT2D eigenvalue weighted by Crippen LogP contribution is 2.39. The lowest BCUT2D eigenvalue weighted by molar-refractivity contribution is -0.152. The molecular formula is C10H6F9N. The molecule has 1 rings (SSSR count). The van der Waals surface area contributed by atoms with Crippen LogP contribution in [0.3, 0.4) is 0 Å². The lowest BCUT2D eigenvalue weighted by Gasteiger charge is -2.19. The van der Waals surface area contributed by atoms with Crippen molar-refractivity contribution in [3.8, 4) is 0 Å². The Bertz CT molecular complexity index is 451. The zero-order chi connectivity index (χ0) is 15.9. The van der Waals surface area contributed by atoms with Crippen molar-refractivity contribution in [3.05, 3.63) is 34.9 Å². The average molecular weight is 311 g/mol. The van der Waals surface area contributed by atoms with E-state index in [9.17, 15) is 39.5 Å². The van der Waals surface area contributed by atoms with Crippen molar-refractivity contribution in [2.45, 2.75) is 24.6 Å². The highest BCUT2D eigenvalue weighted by Gasteiger charge is 2.42. The fourth-order valence-corrected chi connectivity index (χ4v) is 1.35. The Morgan fingerprint density at radius 2 is 1.05 bits per heavy atom. The summed E-state index contributed by atoms with van der Waals surface area (Å²) in [6.45, 7) is 0. The Morgan fingerprint density at radius 3 is 1.30 bits per heavy atom. The molecule has 0 bridgehead atoms. The smallest absolute Gasteiger partial charge is 0.316 e. The molecule has 0 aliphatic heterocycles. The number of hydrogen-bond donors (Lipinski definition) is 1. The summed E-state index contributed by atoms with van der Waals surface area (Å²) in [6, 6.07) is -3.31. The third-order valence-corrected chi connectivity index (χ3v) is 2.32. The summed E-state index contributed by atoms with van der Waals surface area (Å²) in [5, 5.41) is 0. The Morgan fingerprint density at radius 1 is 0.700 bits per heavy atom. The van der Waals surface area contributed by atoms with E-state index in [2.05, 4.69) is 5.73 Å². The van der Waals surface area contributed by atoms with Crippen LogP contribution in [-0.4, -0.2) is 6.18 Å². The minimum Gasteiger partial charge on any atom is -0.316 e. The maximum absolute atomic E-state index is 12.4. The van der Waals surface area contributed by atoms with E-state index in [0.29, 0.717) is 0 Å². The third-order valence-electron chi connectivity index (χ3n) is 2.32. The van der Waals surface area contributed by atoms with Crippen molar-refractivity contribution in [3.63, 3.8) is 0 Å². The molecule has 1 aromatic rings. The van der Waals surface area contributed by atoms with Crippen LogP contribution in [0.4, 0.5) is 39.5 Å². The van der Waals surface area contributed by atoms with Crippen LogP contribution >= 0.6 is 0 Å². The van der Waals surface area contributed by atoms with E-state index in [1.54, 1.807) is 0 Å². The molecule has 0 amide bonds. The first-order valence-corrected chi connectivity index (χ1v) is 4.84. The maximum Gasteiger partial charge on any atom is 0.416 e. The van der Waals surface area contributed by atoms with Gasteiger partial charge in [-0.1, -0.05) is 0 Å². The van der Waals surface area contributed by atoms with Gasteiger partial charge in [0, 0.05) is 0 Å². The Hall–Kier alpha value is -1.45. The minimum atomic E-state index is -5.22. The van der Waals surface area contributed by atoms with Crippen molar-refractivity contribution < 1.29 is 39.5 Å². The number of halogens is 9. The average Bonchev–Trinajstić information content (AvgIpc) is 2.23. The van der Waals surface area contributed by atoms with E-state index >= 15 is 0 Å². The first-order valence-electron chi connectivity index (χ1n) is 4.84. The number of hydrogen-bond acceptors (Lipinski definition) is 1. The van der Waals surface area contributed by atoms with Gasteiger partial charge in [0.1, 0.15) is 6.04 Å². The van der Waals surface area contributed by atoms with Gasteiger partial charge in [-0.15, -0.1) is 0 Å².